The van der Waals surface area contributed by atoms with Crippen LogP contribution in [0.5, 0.6) is 0 Å². The molecular weight excluding hydrogens is 134 g/mol. The average molecular weight is 145 g/mol. The highest BCUT2D eigenvalue weighted by atomic mass is 16.3. The maximum Gasteiger partial charge on any atom is 0.0825 e. The van der Waals surface area contributed by atoms with Crippen molar-refractivity contribution in [1.29, 1.82) is 0 Å². The van der Waals surface area contributed by atoms with E-state index in [0.29, 0.717) is 12.8 Å². The molecule has 0 unspecified atom stereocenters. The Balaban J connectivity index is 3.15. The van der Waals surface area contributed by atoms with Crippen LogP contribution in [0.15, 0.2) is 10.4 Å². The molecule has 0 amide bonds. The lowest BCUT2D eigenvalue weighted by atomic mass is 10.1. The lowest BCUT2D eigenvalue weighted by Crippen LogP contribution is -2.21. The molecule has 10 heavy (non-hydrogen) atoms. The Hall–Kier alpha value is -0.840. The fourth-order valence-corrected chi connectivity index (χ4v) is 0.581. The fraction of sp³-hybridized carbons (Fsp3) is 1.00. The predicted octanol–water partition coefficient (Wildman–Crippen LogP) is 0.627. The molecule has 0 rings (SSSR count). The molecule has 0 radical (unpaired) electrons. The minimum absolute atomic E-state index is 0.115. The van der Waals surface area contributed by atoms with Crippen molar-refractivity contribution < 1.29 is 0 Å². The molecule has 0 aliphatic rings. The van der Waals surface area contributed by atoms with Gasteiger partial charge in [-0.25, -0.2) is 0 Å². The highest BCUT2D eigenvalue weighted by Crippen LogP contribution is 1.94. The van der Waals surface area contributed by atoms with Crippen molar-refractivity contribution in [2.24, 2.45) is 16.1 Å². The third-order valence-corrected chi connectivity index (χ3v) is 1.18. The van der Waals surface area contributed by atoms with Crippen LogP contribution in [-0.4, -0.2) is 19.1 Å². The molecule has 0 saturated carbocycles. The summed E-state index contributed by atoms with van der Waals surface area (Å²) in [4.78, 5) is 19.2. The molecule has 2 N–H and O–H groups in total. The lowest BCUT2D eigenvalue weighted by molar-refractivity contribution is 0.582. The van der Waals surface area contributed by atoms with Crippen molar-refractivity contribution in [3.8, 4) is 0 Å². The van der Waals surface area contributed by atoms with E-state index in [-0.39, 0.29) is 19.1 Å². The van der Waals surface area contributed by atoms with Crippen LogP contribution in [-0.2, 0) is 0 Å². The van der Waals surface area contributed by atoms with E-state index in [9.17, 15) is 9.81 Å². The van der Waals surface area contributed by atoms with Crippen LogP contribution in [0.4, 0.5) is 0 Å². The second kappa shape index (κ2) is 6.28. The SMILES string of the molecule is NC(CCN=O)CCN=O. The van der Waals surface area contributed by atoms with Gasteiger partial charge in [-0.1, -0.05) is 10.4 Å². The Morgan fingerprint density at radius 3 is 1.80 bits per heavy atom. The molecule has 0 aromatic heterocycles. The lowest BCUT2D eigenvalue weighted by Gasteiger charge is -2.04. The molecule has 0 saturated heterocycles. The van der Waals surface area contributed by atoms with Crippen molar-refractivity contribution in [2.75, 3.05) is 13.1 Å². The van der Waals surface area contributed by atoms with Gasteiger partial charge in [0.25, 0.3) is 0 Å². The van der Waals surface area contributed by atoms with Gasteiger partial charge in [-0.15, -0.1) is 0 Å². The van der Waals surface area contributed by atoms with Crippen LogP contribution >= 0.6 is 0 Å². The molecule has 0 aliphatic carbocycles. The van der Waals surface area contributed by atoms with E-state index in [1.165, 1.54) is 0 Å². The number of hydrogen-bond acceptors (Lipinski definition) is 5. The van der Waals surface area contributed by atoms with Crippen LogP contribution in [0.2, 0.25) is 0 Å². The van der Waals surface area contributed by atoms with Crippen molar-refractivity contribution >= 4 is 0 Å². The van der Waals surface area contributed by atoms with Crippen molar-refractivity contribution in [2.45, 2.75) is 18.9 Å². The second-order valence-corrected chi connectivity index (χ2v) is 2.04. The van der Waals surface area contributed by atoms with E-state index in [0.717, 1.165) is 0 Å². The average Bonchev–Trinajstić information content (AvgIpc) is 1.97. The summed E-state index contributed by atoms with van der Waals surface area (Å²) in [7, 11) is 0. The zero-order chi connectivity index (χ0) is 7.82. The molecule has 5 heteroatoms. The van der Waals surface area contributed by atoms with Gasteiger partial charge < -0.3 is 5.73 Å². The van der Waals surface area contributed by atoms with E-state index in [2.05, 4.69) is 10.4 Å². The summed E-state index contributed by atoms with van der Waals surface area (Å²) >= 11 is 0. The monoisotopic (exact) mass is 145 g/mol. The molecule has 0 aromatic carbocycles. The number of nitrogens with zero attached hydrogens (tertiary/aromatic N) is 2. The first kappa shape index (κ1) is 9.16. The summed E-state index contributed by atoms with van der Waals surface area (Å²) in [5.74, 6) is 0. The van der Waals surface area contributed by atoms with Gasteiger partial charge in [0, 0.05) is 6.04 Å². The summed E-state index contributed by atoms with van der Waals surface area (Å²) in [6.45, 7) is 0.444. The van der Waals surface area contributed by atoms with Gasteiger partial charge in [-0.3, -0.25) is 0 Å². The fourth-order valence-electron chi connectivity index (χ4n) is 0.581. The Kier molecular flexibility index (Phi) is 5.75. The maximum atomic E-state index is 9.59. The smallest absolute Gasteiger partial charge is 0.0825 e. The standard InChI is InChI=1S/C5H11N3O2/c6-5(1-3-7-9)2-4-8-10/h5H,1-4,6H2. The first-order valence-corrected chi connectivity index (χ1v) is 3.15. The molecule has 5 nitrogen and oxygen atoms in total. The molecule has 0 spiro atoms. The molecule has 0 aliphatic heterocycles. The third kappa shape index (κ3) is 5.30. The Morgan fingerprint density at radius 2 is 1.50 bits per heavy atom. The van der Waals surface area contributed by atoms with Crippen LogP contribution < -0.4 is 5.73 Å². The zero-order valence-electron chi connectivity index (χ0n) is 5.69. The topological polar surface area (TPSA) is 84.9 Å². The normalized spacial score (nSPS) is 9.80. The van der Waals surface area contributed by atoms with Gasteiger partial charge in [-0.05, 0) is 12.8 Å². The van der Waals surface area contributed by atoms with E-state index >= 15 is 0 Å². The van der Waals surface area contributed by atoms with Gasteiger partial charge in [0.1, 0.15) is 0 Å². The van der Waals surface area contributed by atoms with Crippen LogP contribution in [0, 0.1) is 9.81 Å². The minimum atomic E-state index is -0.115. The maximum absolute atomic E-state index is 9.59. The molecular formula is C5H11N3O2. The minimum Gasteiger partial charge on any atom is -0.328 e. The van der Waals surface area contributed by atoms with Crippen LogP contribution in [0.25, 0.3) is 0 Å². The number of nitroso groups, excluding NO2 is 2. The van der Waals surface area contributed by atoms with Gasteiger partial charge in [0.05, 0.1) is 13.1 Å². The van der Waals surface area contributed by atoms with E-state index < -0.39 is 0 Å². The van der Waals surface area contributed by atoms with E-state index in [1.807, 2.05) is 0 Å². The highest BCUT2D eigenvalue weighted by molar-refractivity contribution is 4.63. The van der Waals surface area contributed by atoms with Crippen molar-refractivity contribution in [3.05, 3.63) is 9.81 Å². The summed E-state index contributed by atoms with van der Waals surface area (Å²) in [5, 5.41) is 5.29. The zero-order valence-corrected chi connectivity index (χ0v) is 5.69. The number of rotatable bonds is 6. The quantitative estimate of drug-likeness (QED) is 0.556. The summed E-state index contributed by atoms with van der Waals surface area (Å²) in [6, 6.07) is -0.115. The number of nitrogens with two attached hydrogens (primary N) is 1. The molecule has 0 heterocycles. The van der Waals surface area contributed by atoms with Gasteiger partial charge in [0.15, 0.2) is 0 Å². The first-order valence-electron chi connectivity index (χ1n) is 3.15. The first-order chi connectivity index (χ1) is 4.81. The van der Waals surface area contributed by atoms with Crippen molar-refractivity contribution in [3.63, 3.8) is 0 Å². The van der Waals surface area contributed by atoms with E-state index in [1.54, 1.807) is 0 Å². The summed E-state index contributed by atoms with van der Waals surface area (Å²) in [6.07, 6.45) is 1.08. The second-order valence-electron chi connectivity index (χ2n) is 2.04. The summed E-state index contributed by atoms with van der Waals surface area (Å²) < 4.78 is 0. The van der Waals surface area contributed by atoms with Crippen LogP contribution in [0.1, 0.15) is 12.8 Å². The summed E-state index contributed by atoms with van der Waals surface area (Å²) in [5.41, 5.74) is 5.45. The van der Waals surface area contributed by atoms with Gasteiger partial charge >= 0.3 is 0 Å². The molecule has 0 atom stereocenters. The molecule has 0 bridgehead atoms. The third-order valence-electron chi connectivity index (χ3n) is 1.18. The van der Waals surface area contributed by atoms with Crippen LogP contribution in [0.3, 0.4) is 0 Å². The van der Waals surface area contributed by atoms with Gasteiger partial charge in [-0.2, -0.15) is 9.81 Å². The molecule has 0 fully saturated rings. The highest BCUT2D eigenvalue weighted by Gasteiger charge is 2.00. The van der Waals surface area contributed by atoms with E-state index in [4.69, 9.17) is 5.73 Å². The molecule has 0 aromatic rings. The Labute approximate surface area is 58.9 Å². The van der Waals surface area contributed by atoms with Gasteiger partial charge in [0.2, 0.25) is 0 Å². The van der Waals surface area contributed by atoms with Crippen molar-refractivity contribution in [1.82, 2.24) is 0 Å². The number of hydrogen-bond donors (Lipinski definition) is 1. The Bertz CT molecular complexity index is 95.1. The largest absolute Gasteiger partial charge is 0.328 e. The Morgan fingerprint density at radius 1 is 1.10 bits per heavy atom. The predicted molar refractivity (Wildman–Crippen MR) is 38.5 cm³/mol. The molecule has 58 valence electrons.